The second-order valence-corrected chi connectivity index (χ2v) is 7.23. The Kier molecular flexibility index (Phi) is 6.38. The molecule has 28 heavy (non-hydrogen) atoms. The Balaban J connectivity index is 1.52. The van der Waals surface area contributed by atoms with Gasteiger partial charge in [0.1, 0.15) is 11.5 Å². The van der Waals surface area contributed by atoms with Gasteiger partial charge in [-0.2, -0.15) is 4.98 Å². The topological polar surface area (TPSA) is 80.9 Å². The number of rotatable bonds is 7. The minimum Gasteiger partial charge on any atom is -0.497 e. The van der Waals surface area contributed by atoms with Crippen molar-refractivity contribution in [1.82, 2.24) is 15.0 Å². The molecule has 0 unspecified atom stereocenters. The van der Waals surface area contributed by atoms with Gasteiger partial charge >= 0.3 is 6.01 Å². The molecular formula is C20H28N4O4. The van der Waals surface area contributed by atoms with Gasteiger partial charge in [0, 0.05) is 39.7 Å². The maximum absolute atomic E-state index is 12.9. The van der Waals surface area contributed by atoms with Crippen LogP contribution in [0.5, 0.6) is 11.5 Å². The quantitative estimate of drug-likeness (QED) is 0.721. The molecule has 0 bridgehead atoms. The summed E-state index contributed by atoms with van der Waals surface area (Å²) in [6.45, 7) is 1.49. The summed E-state index contributed by atoms with van der Waals surface area (Å²) in [7, 11) is 6.91. The lowest BCUT2D eigenvalue weighted by atomic mass is 9.91. The van der Waals surface area contributed by atoms with E-state index in [0.29, 0.717) is 29.0 Å². The molecule has 0 atom stereocenters. The van der Waals surface area contributed by atoms with Crippen molar-refractivity contribution in [3.8, 4) is 11.5 Å². The second kappa shape index (κ2) is 8.95. The molecular weight excluding hydrogens is 360 g/mol. The van der Waals surface area contributed by atoms with E-state index in [1.807, 2.05) is 19.0 Å². The van der Waals surface area contributed by atoms with Crippen LogP contribution in [-0.4, -0.2) is 62.4 Å². The molecule has 1 aliphatic heterocycles. The predicted molar refractivity (Wildman–Crippen MR) is 105 cm³/mol. The van der Waals surface area contributed by atoms with Crippen LogP contribution in [0.25, 0.3) is 0 Å². The number of benzene rings is 1. The maximum atomic E-state index is 12.9. The van der Waals surface area contributed by atoms with Crippen LogP contribution in [0.15, 0.2) is 22.7 Å². The SMILES string of the molecule is COc1ccc(C(=O)N2CCC(CCc3noc(N(C)C)n3)CC2)c(OC)c1. The monoisotopic (exact) mass is 388 g/mol. The van der Waals surface area contributed by atoms with Gasteiger partial charge in [0.05, 0.1) is 19.8 Å². The van der Waals surface area contributed by atoms with Gasteiger partial charge in [-0.15, -0.1) is 0 Å². The van der Waals surface area contributed by atoms with E-state index in [0.717, 1.165) is 44.6 Å². The first-order chi connectivity index (χ1) is 13.5. The van der Waals surface area contributed by atoms with Crippen molar-refractivity contribution in [1.29, 1.82) is 0 Å². The first kappa shape index (κ1) is 20.0. The summed E-state index contributed by atoms with van der Waals surface area (Å²) < 4.78 is 15.8. The van der Waals surface area contributed by atoms with Crippen LogP contribution in [0, 0.1) is 5.92 Å². The molecule has 1 aromatic carbocycles. The lowest BCUT2D eigenvalue weighted by Crippen LogP contribution is -2.38. The number of aryl methyl sites for hydroxylation is 1. The fourth-order valence-electron chi connectivity index (χ4n) is 3.43. The molecule has 0 radical (unpaired) electrons. The molecule has 1 amide bonds. The fraction of sp³-hybridized carbons (Fsp3) is 0.550. The Morgan fingerprint density at radius 3 is 2.61 bits per heavy atom. The van der Waals surface area contributed by atoms with Crippen molar-refractivity contribution >= 4 is 11.9 Å². The number of hydrogen-bond donors (Lipinski definition) is 0. The second-order valence-electron chi connectivity index (χ2n) is 7.23. The molecule has 152 valence electrons. The van der Waals surface area contributed by atoms with Gasteiger partial charge < -0.3 is 23.8 Å². The number of anilines is 1. The fourth-order valence-corrected chi connectivity index (χ4v) is 3.43. The van der Waals surface area contributed by atoms with Crippen LogP contribution >= 0.6 is 0 Å². The van der Waals surface area contributed by atoms with E-state index in [2.05, 4.69) is 10.1 Å². The average molecular weight is 388 g/mol. The minimum absolute atomic E-state index is 0.00625. The molecule has 1 fully saturated rings. The molecule has 1 aromatic heterocycles. The van der Waals surface area contributed by atoms with Crippen molar-refractivity contribution in [2.45, 2.75) is 25.7 Å². The zero-order valence-electron chi connectivity index (χ0n) is 17.0. The Morgan fingerprint density at radius 1 is 1.25 bits per heavy atom. The Morgan fingerprint density at radius 2 is 2.00 bits per heavy atom. The van der Waals surface area contributed by atoms with Crippen molar-refractivity contribution in [3.63, 3.8) is 0 Å². The zero-order valence-corrected chi connectivity index (χ0v) is 17.0. The molecule has 2 heterocycles. The summed E-state index contributed by atoms with van der Waals surface area (Å²) in [5.74, 6) is 2.52. The summed E-state index contributed by atoms with van der Waals surface area (Å²) >= 11 is 0. The van der Waals surface area contributed by atoms with Crippen LogP contribution in [0.1, 0.15) is 35.4 Å². The van der Waals surface area contributed by atoms with Crippen LogP contribution in [-0.2, 0) is 6.42 Å². The molecule has 0 saturated carbocycles. The number of hydrogen-bond acceptors (Lipinski definition) is 7. The van der Waals surface area contributed by atoms with Crippen molar-refractivity contribution in [2.75, 3.05) is 46.3 Å². The van der Waals surface area contributed by atoms with Gasteiger partial charge in [-0.05, 0) is 37.3 Å². The Bertz CT molecular complexity index is 797. The molecule has 8 heteroatoms. The van der Waals surface area contributed by atoms with Gasteiger partial charge in [0.2, 0.25) is 0 Å². The number of carbonyl (C=O) groups is 1. The van der Waals surface area contributed by atoms with Crippen molar-refractivity contribution < 1.29 is 18.8 Å². The number of methoxy groups -OCH3 is 2. The highest BCUT2D eigenvalue weighted by molar-refractivity contribution is 5.97. The van der Waals surface area contributed by atoms with E-state index in [4.69, 9.17) is 14.0 Å². The third-order valence-electron chi connectivity index (χ3n) is 5.16. The smallest absolute Gasteiger partial charge is 0.323 e. The summed E-state index contributed by atoms with van der Waals surface area (Å²) in [5, 5.41) is 4.02. The molecule has 1 saturated heterocycles. The van der Waals surface area contributed by atoms with Gasteiger partial charge in [0.25, 0.3) is 5.91 Å². The largest absolute Gasteiger partial charge is 0.497 e. The molecule has 8 nitrogen and oxygen atoms in total. The van der Waals surface area contributed by atoms with Crippen LogP contribution in [0.4, 0.5) is 6.01 Å². The van der Waals surface area contributed by atoms with Crippen LogP contribution < -0.4 is 14.4 Å². The molecule has 0 aliphatic carbocycles. The highest BCUT2D eigenvalue weighted by Gasteiger charge is 2.26. The van der Waals surface area contributed by atoms with E-state index in [-0.39, 0.29) is 5.91 Å². The first-order valence-corrected chi connectivity index (χ1v) is 9.53. The van der Waals surface area contributed by atoms with Crippen LogP contribution in [0.2, 0.25) is 0 Å². The minimum atomic E-state index is 0.00625. The highest BCUT2D eigenvalue weighted by Crippen LogP contribution is 2.28. The number of amides is 1. The third kappa shape index (κ3) is 4.55. The van der Waals surface area contributed by atoms with E-state index in [1.54, 1.807) is 37.3 Å². The average Bonchev–Trinajstić information content (AvgIpc) is 3.21. The summed E-state index contributed by atoms with van der Waals surface area (Å²) in [4.78, 5) is 21.0. The van der Waals surface area contributed by atoms with Gasteiger partial charge in [-0.3, -0.25) is 4.79 Å². The molecule has 2 aromatic rings. The molecule has 1 aliphatic rings. The van der Waals surface area contributed by atoms with Crippen molar-refractivity contribution in [3.05, 3.63) is 29.6 Å². The van der Waals surface area contributed by atoms with E-state index >= 15 is 0 Å². The van der Waals surface area contributed by atoms with Gasteiger partial charge in [-0.1, -0.05) is 5.16 Å². The van der Waals surface area contributed by atoms with Crippen molar-refractivity contribution in [2.24, 2.45) is 5.92 Å². The van der Waals surface area contributed by atoms with E-state index in [1.165, 1.54) is 0 Å². The first-order valence-electron chi connectivity index (χ1n) is 9.53. The molecule has 3 rings (SSSR count). The standard InChI is InChI=1S/C20H28N4O4/c1-23(2)20-21-18(22-28-20)8-5-14-9-11-24(12-10-14)19(25)16-7-6-15(26-3)13-17(16)27-4/h6-7,13-14H,5,8-12H2,1-4H3. The molecule has 0 N–H and O–H groups in total. The van der Waals surface area contributed by atoms with Crippen LogP contribution in [0.3, 0.4) is 0 Å². The normalized spacial score (nSPS) is 14.8. The lowest BCUT2D eigenvalue weighted by molar-refractivity contribution is 0.0683. The van der Waals surface area contributed by atoms with E-state index < -0.39 is 0 Å². The number of nitrogens with zero attached hydrogens (tertiary/aromatic N) is 4. The number of ether oxygens (including phenoxy) is 2. The summed E-state index contributed by atoms with van der Waals surface area (Å²) in [5.41, 5.74) is 0.574. The maximum Gasteiger partial charge on any atom is 0.323 e. The summed E-state index contributed by atoms with van der Waals surface area (Å²) in [6, 6.07) is 5.83. The molecule has 0 spiro atoms. The van der Waals surface area contributed by atoms with E-state index in [9.17, 15) is 4.79 Å². The zero-order chi connectivity index (χ0) is 20.1. The number of aromatic nitrogens is 2. The number of carbonyl (C=O) groups excluding carboxylic acids is 1. The lowest BCUT2D eigenvalue weighted by Gasteiger charge is -2.32. The Hall–Kier alpha value is -2.77. The summed E-state index contributed by atoms with van der Waals surface area (Å²) in [6.07, 6.45) is 3.74. The number of piperidine rings is 1. The van der Waals surface area contributed by atoms with Gasteiger partial charge in [-0.25, -0.2) is 0 Å². The van der Waals surface area contributed by atoms with Gasteiger partial charge in [0.15, 0.2) is 5.82 Å². The highest BCUT2D eigenvalue weighted by atomic mass is 16.5. The Labute approximate surface area is 165 Å². The predicted octanol–water partition coefficient (Wildman–Crippen LogP) is 2.64. The third-order valence-corrected chi connectivity index (χ3v) is 5.16. The number of likely N-dealkylation sites (tertiary alicyclic amines) is 1.